The van der Waals surface area contributed by atoms with Gasteiger partial charge in [-0.05, 0) is 24.6 Å². The zero-order valence-electron chi connectivity index (χ0n) is 8.79. The molecule has 7 heteroatoms. The normalized spacial score (nSPS) is 16.8. The van der Waals surface area contributed by atoms with E-state index in [1.54, 1.807) is 0 Å². The average Bonchev–Trinajstić information content (AvgIpc) is 2.91. The van der Waals surface area contributed by atoms with Gasteiger partial charge in [-0.3, -0.25) is 4.90 Å². The van der Waals surface area contributed by atoms with Gasteiger partial charge in [-0.15, -0.1) is 0 Å². The molecule has 0 heterocycles. The zero-order valence-corrected chi connectivity index (χ0v) is 10.4. The van der Waals surface area contributed by atoms with E-state index in [-0.39, 0.29) is 17.5 Å². The second-order valence-electron chi connectivity index (χ2n) is 3.78. The summed E-state index contributed by atoms with van der Waals surface area (Å²) >= 11 is 4.79. The van der Waals surface area contributed by atoms with E-state index in [2.05, 4.69) is 4.90 Å². The van der Waals surface area contributed by atoms with Crippen LogP contribution in [0.4, 0.5) is 13.2 Å². The first-order chi connectivity index (χ1) is 7.38. The van der Waals surface area contributed by atoms with E-state index < -0.39 is 5.51 Å². The van der Waals surface area contributed by atoms with E-state index in [9.17, 15) is 13.2 Å². The molecular formula is C9H15F3N2S2. The number of rotatable bonds is 7. The van der Waals surface area contributed by atoms with Crippen molar-refractivity contribution in [2.24, 2.45) is 5.73 Å². The number of nitrogens with two attached hydrogens (primary N) is 1. The van der Waals surface area contributed by atoms with Gasteiger partial charge < -0.3 is 5.73 Å². The quantitative estimate of drug-likeness (QED) is 0.721. The van der Waals surface area contributed by atoms with Crippen LogP contribution in [-0.2, 0) is 0 Å². The molecule has 0 radical (unpaired) electrons. The van der Waals surface area contributed by atoms with E-state index in [1.807, 2.05) is 0 Å². The molecule has 0 unspecified atom stereocenters. The molecule has 0 spiro atoms. The summed E-state index contributed by atoms with van der Waals surface area (Å²) in [4.78, 5) is 2.48. The van der Waals surface area contributed by atoms with Gasteiger partial charge in [-0.25, -0.2) is 0 Å². The van der Waals surface area contributed by atoms with Crippen molar-refractivity contribution in [1.29, 1.82) is 0 Å². The third kappa shape index (κ3) is 6.55. The molecule has 0 aliphatic heterocycles. The molecule has 2 N–H and O–H groups in total. The summed E-state index contributed by atoms with van der Waals surface area (Å²) in [5, 5.41) is 0. The van der Waals surface area contributed by atoms with Crippen LogP contribution in [0.3, 0.4) is 0 Å². The van der Waals surface area contributed by atoms with Crippen molar-refractivity contribution in [2.75, 3.05) is 18.8 Å². The summed E-state index contributed by atoms with van der Waals surface area (Å²) < 4.78 is 35.8. The third-order valence-electron chi connectivity index (χ3n) is 2.35. The highest BCUT2D eigenvalue weighted by Gasteiger charge is 2.31. The van der Waals surface area contributed by atoms with Crippen LogP contribution in [0.15, 0.2) is 0 Å². The molecule has 2 nitrogen and oxygen atoms in total. The zero-order chi connectivity index (χ0) is 12.2. The second-order valence-corrected chi connectivity index (χ2v) is 5.46. The van der Waals surface area contributed by atoms with Crippen LogP contribution < -0.4 is 5.73 Å². The van der Waals surface area contributed by atoms with Gasteiger partial charge in [0.1, 0.15) is 0 Å². The van der Waals surface area contributed by atoms with Crippen molar-refractivity contribution in [2.45, 2.75) is 30.8 Å². The number of thioether (sulfide) groups is 1. The first-order valence-corrected chi connectivity index (χ1v) is 6.51. The summed E-state index contributed by atoms with van der Waals surface area (Å²) in [7, 11) is 0. The molecule has 94 valence electrons. The number of thiocarbonyl (C=S) groups is 1. The molecule has 1 aliphatic carbocycles. The molecule has 1 fully saturated rings. The Labute approximate surface area is 103 Å². The maximum atomic E-state index is 11.9. The Morgan fingerprint density at radius 1 is 1.38 bits per heavy atom. The van der Waals surface area contributed by atoms with Crippen LogP contribution >= 0.6 is 24.0 Å². The average molecular weight is 272 g/mol. The Hall–Kier alpha value is -0.0100. The third-order valence-corrected chi connectivity index (χ3v) is 3.27. The molecule has 0 amide bonds. The smallest absolute Gasteiger partial charge is 0.393 e. The van der Waals surface area contributed by atoms with E-state index >= 15 is 0 Å². The summed E-state index contributed by atoms with van der Waals surface area (Å²) in [5.74, 6) is 0.0807. The molecule has 16 heavy (non-hydrogen) atoms. The van der Waals surface area contributed by atoms with Crippen molar-refractivity contribution in [3.05, 3.63) is 0 Å². The fourth-order valence-electron chi connectivity index (χ4n) is 1.45. The fourth-order valence-corrected chi connectivity index (χ4v) is 2.10. The highest BCUT2D eigenvalue weighted by molar-refractivity contribution is 8.00. The summed E-state index contributed by atoms with van der Waals surface area (Å²) in [6.07, 6.45) is 2.74. The van der Waals surface area contributed by atoms with Crippen molar-refractivity contribution in [3.8, 4) is 0 Å². The lowest BCUT2D eigenvalue weighted by atomic mass is 10.3. The Bertz CT molecular complexity index is 241. The van der Waals surface area contributed by atoms with Crippen molar-refractivity contribution < 1.29 is 13.2 Å². The highest BCUT2D eigenvalue weighted by Crippen LogP contribution is 2.31. The van der Waals surface area contributed by atoms with Crippen LogP contribution in [0.1, 0.15) is 19.3 Å². The molecule has 0 bridgehead atoms. The molecule has 0 aromatic heterocycles. The molecule has 1 saturated carbocycles. The van der Waals surface area contributed by atoms with Crippen LogP contribution in [0.5, 0.6) is 0 Å². The number of alkyl halides is 3. The number of hydrogen-bond donors (Lipinski definition) is 1. The number of hydrogen-bond acceptors (Lipinski definition) is 3. The molecule has 1 rings (SSSR count). The van der Waals surface area contributed by atoms with E-state index in [4.69, 9.17) is 18.0 Å². The first kappa shape index (κ1) is 14.1. The Balaban J connectivity index is 2.20. The Morgan fingerprint density at radius 2 is 2.00 bits per heavy atom. The van der Waals surface area contributed by atoms with Crippen molar-refractivity contribution in [1.82, 2.24) is 4.90 Å². The fraction of sp³-hybridized carbons (Fsp3) is 0.889. The largest absolute Gasteiger partial charge is 0.441 e. The van der Waals surface area contributed by atoms with Gasteiger partial charge in [-0.1, -0.05) is 12.2 Å². The molecule has 0 saturated heterocycles. The highest BCUT2D eigenvalue weighted by atomic mass is 32.2. The van der Waals surface area contributed by atoms with E-state index in [0.29, 0.717) is 30.5 Å². The van der Waals surface area contributed by atoms with Gasteiger partial charge in [-0.2, -0.15) is 13.2 Å². The van der Waals surface area contributed by atoms with Crippen molar-refractivity contribution >= 4 is 29.0 Å². The predicted octanol–water partition coefficient (Wildman–Crippen LogP) is 2.38. The summed E-state index contributed by atoms with van der Waals surface area (Å²) in [6.45, 7) is 1.13. The van der Waals surface area contributed by atoms with E-state index in [1.165, 1.54) is 0 Å². The molecular weight excluding hydrogens is 257 g/mol. The Kier molecular flexibility index (Phi) is 5.33. The summed E-state index contributed by atoms with van der Waals surface area (Å²) in [5.41, 5.74) is 1.25. The molecule has 1 aliphatic rings. The lowest BCUT2D eigenvalue weighted by molar-refractivity contribution is -0.0328. The summed E-state index contributed by atoms with van der Waals surface area (Å²) in [6, 6.07) is 0.447. The van der Waals surface area contributed by atoms with Gasteiger partial charge in [0, 0.05) is 31.3 Å². The van der Waals surface area contributed by atoms with Gasteiger partial charge in [0.25, 0.3) is 0 Å². The topological polar surface area (TPSA) is 29.3 Å². The number of halogens is 3. The SMILES string of the molecule is NC(=S)CCN(CCSC(F)(F)F)C1CC1. The van der Waals surface area contributed by atoms with Gasteiger partial charge in [0.2, 0.25) is 0 Å². The second kappa shape index (κ2) is 6.07. The monoisotopic (exact) mass is 272 g/mol. The first-order valence-electron chi connectivity index (χ1n) is 5.11. The van der Waals surface area contributed by atoms with Gasteiger partial charge in [0.15, 0.2) is 0 Å². The number of nitrogens with zero attached hydrogens (tertiary/aromatic N) is 1. The minimum absolute atomic E-state index is 0.0356. The van der Waals surface area contributed by atoms with E-state index in [0.717, 1.165) is 12.8 Å². The molecule has 0 aromatic rings. The van der Waals surface area contributed by atoms with Gasteiger partial charge >= 0.3 is 5.51 Å². The Morgan fingerprint density at radius 3 is 2.44 bits per heavy atom. The van der Waals surface area contributed by atoms with Crippen LogP contribution in [-0.4, -0.2) is 40.3 Å². The molecule has 0 aromatic carbocycles. The lowest BCUT2D eigenvalue weighted by Gasteiger charge is -2.21. The van der Waals surface area contributed by atoms with Crippen LogP contribution in [0.25, 0.3) is 0 Å². The molecule has 0 atom stereocenters. The minimum Gasteiger partial charge on any atom is -0.393 e. The standard InChI is InChI=1S/C9H15F3N2S2/c10-9(11,12)16-6-5-14(7-1-2-7)4-3-8(13)15/h7H,1-6H2,(H2,13,15). The van der Waals surface area contributed by atoms with Gasteiger partial charge in [0.05, 0.1) is 4.99 Å². The maximum absolute atomic E-state index is 11.9. The predicted molar refractivity (Wildman–Crippen MR) is 64.5 cm³/mol. The minimum atomic E-state index is -4.13. The van der Waals surface area contributed by atoms with Crippen LogP contribution in [0, 0.1) is 0 Å². The van der Waals surface area contributed by atoms with Crippen molar-refractivity contribution in [3.63, 3.8) is 0 Å². The lowest BCUT2D eigenvalue weighted by Crippen LogP contribution is -2.32. The maximum Gasteiger partial charge on any atom is 0.441 e. The van der Waals surface area contributed by atoms with Crippen LogP contribution in [0.2, 0.25) is 0 Å².